The number of hydrogen-bond acceptors (Lipinski definition) is 5. The van der Waals surface area contributed by atoms with E-state index in [9.17, 15) is 24.0 Å². The fraction of sp³-hybridized carbons (Fsp3) is 0.0417. The second-order valence-electron chi connectivity index (χ2n) is 7.33. The summed E-state index contributed by atoms with van der Waals surface area (Å²) >= 11 is 0. The van der Waals surface area contributed by atoms with E-state index < -0.39 is 36.1 Å². The molecule has 2 aliphatic heterocycles. The molecule has 8 nitrogen and oxygen atoms in total. The van der Waals surface area contributed by atoms with Crippen molar-refractivity contribution >= 4 is 40.9 Å². The van der Waals surface area contributed by atoms with Gasteiger partial charge in [0, 0.05) is 5.69 Å². The number of para-hydroxylation sites is 1. The monoisotopic (exact) mass is 425 g/mol. The number of amides is 5. The Kier molecular flexibility index (Phi) is 4.41. The number of nitrogens with zero attached hydrogens (tertiary/aromatic N) is 2. The van der Waals surface area contributed by atoms with E-state index in [1.54, 1.807) is 42.5 Å². The highest BCUT2D eigenvalue weighted by Gasteiger charge is 2.38. The molecule has 0 aromatic heterocycles. The highest BCUT2D eigenvalue weighted by atomic mass is 16.2. The minimum Gasteiger partial charge on any atom is -0.325 e. The van der Waals surface area contributed by atoms with Gasteiger partial charge in [0.1, 0.15) is 6.54 Å². The molecule has 0 saturated heterocycles. The van der Waals surface area contributed by atoms with Crippen LogP contribution >= 0.6 is 0 Å². The Bertz CT molecular complexity index is 1300. The number of imide groups is 2. The van der Waals surface area contributed by atoms with Crippen LogP contribution in [0.15, 0.2) is 72.8 Å². The van der Waals surface area contributed by atoms with Gasteiger partial charge in [-0.25, -0.2) is 4.90 Å². The molecule has 2 aliphatic rings. The van der Waals surface area contributed by atoms with Crippen LogP contribution in [0.2, 0.25) is 0 Å². The molecule has 5 rings (SSSR count). The van der Waals surface area contributed by atoms with E-state index in [-0.39, 0.29) is 27.9 Å². The molecule has 0 saturated carbocycles. The summed E-state index contributed by atoms with van der Waals surface area (Å²) in [4.78, 5) is 64.9. The van der Waals surface area contributed by atoms with E-state index in [2.05, 4.69) is 5.32 Å². The highest BCUT2D eigenvalue weighted by molar-refractivity contribution is 6.34. The van der Waals surface area contributed by atoms with Crippen LogP contribution in [0, 0.1) is 0 Å². The number of fused-ring (bicyclic) bond motifs is 2. The van der Waals surface area contributed by atoms with E-state index >= 15 is 0 Å². The Labute approximate surface area is 182 Å². The lowest BCUT2D eigenvalue weighted by Crippen LogP contribution is -2.37. The van der Waals surface area contributed by atoms with Crippen LogP contribution < -0.4 is 10.2 Å². The lowest BCUT2D eigenvalue weighted by atomic mass is 10.1. The normalized spacial score (nSPS) is 14.6. The average Bonchev–Trinajstić information content (AvgIpc) is 3.19. The van der Waals surface area contributed by atoms with Gasteiger partial charge >= 0.3 is 0 Å². The fourth-order valence-corrected chi connectivity index (χ4v) is 3.86. The van der Waals surface area contributed by atoms with Crippen molar-refractivity contribution in [1.82, 2.24) is 4.90 Å². The third-order valence-electron chi connectivity index (χ3n) is 5.36. The number of hydrogen-bond donors (Lipinski definition) is 1. The van der Waals surface area contributed by atoms with Gasteiger partial charge < -0.3 is 5.32 Å². The van der Waals surface area contributed by atoms with Crippen molar-refractivity contribution < 1.29 is 24.0 Å². The molecule has 156 valence electrons. The topological polar surface area (TPSA) is 104 Å². The van der Waals surface area contributed by atoms with E-state index in [1.165, 1.54) is 30.3 Å². The molecular formula is C24H15N3O5. The molecule has 0 atom stereocenters. The molecule has 8 heteroatoms. The molecule has 5 amide bonds. The van der Waals surface area contributed by atoms with Crippen molar-refractivity contribution in [2.24, 2.45) is 0 Å². The maximum absolute atomic E-state index is 12.8. The van der Waals surface area contributed by atoms with Gasteiger partial charge in [-0.3, -0.25) is 28.9 Å². The fourth-order valence-electron chi connectivity index (χ4n) is 3.86. The standard InChI is InChI=1S/C24H15N3O5/c28-20(13-26-21(29)16-8-4-5-9-17(16)22(26)30)25-14-10-11-18-19(12-14)24(32)27(23(18)31)15-6-2-1-3-7-15/h1-12H,13H2,(H,25,28). The Morgan fingerprint density at radius 1 is 0.656 bits per heavy atom. The highest BCUT2D eigenvalue weighted by Crippen LogP contribution is 2.30. The Morgan fingerprint density at radius 3 is 1.88 bits per heavy atom. The summed E-state index contributed by atoms with van der Waals surface area (Å²) in [7, 11) is 0. The summed E-state index contributed by atoms with van der Waals surface area (Å²) in [6, 6.07) is 19.3. The molecule has 0 bridgehead atoms. The molecule has 0 fully saturated rings. The molecule has 2 heterocycles. The van der Waals surface area contributed by atoms with Crippen molar-refractivity contribution in [2.45, 2.75) is 0 Å². The Morgan fingerprint density at radius 2 is 1.22 bits per heavy atom. The number of rotatable bonds is 4. The van der Waals surface area contributed by atoms with Gasteiger partial charge in [0.2, 0.25) is 5.91 Å². The van der Waals surface area contributed by atoms with Crippen molar-refractivity contribution in [3.8, 4) is 0 Å². The van der Waals surface area contributed by atoms with Crippen LogP contribution in [0.5, 0.6) is 0 Å². The summed E-state index contributed by atoms with van der Waals surface area (Å²) in [6.45, 7) is -0.466. The molecule has 0 spiro atoms. The van der Waals surface area contributed by atoms with Crippen molar-refractivity contribution in [3.63, 3.8) is 0 Å². The molecule has 32 heavy (non-hydrogen) atoms. The molecule has 3 aromatic rings. The van der Waals surface area contributed by atoms with Gasteiger partial charge in [0.05, 0.1) is 27.9 Å². The third-order valence-corrected chi connectivity index (χ3v) is 5.36. The second kappa shape index (κ2) is 7.28. The minimum atomic E-state index is -0.601. The maximum atomic E-state index is 12.8. The molecule has 3 aromatic carbocycles. The zero-order valence-corrected chi connectivity index (χ0v) is 16.6. The van der Waals surface area contributed by atoms with E-state index in [0.29, 0.717) is 5.69 Å². The second-order valence-corrected chi connectivity index (χ2v) is 7.33. The van der Waals surface area contributed by atoms with Gasteiger partial charge in [-0.05, 0) is 42.5 Å². The zero-order valence-electron chi connectivity index (χ0n) is 16.6. The van der Waals surface area contributed by atoms with Gasteiger partial charge in [-0.15, -0.1) is 0 Å². The van der Waals surface area contributed by atoms with Crippen LogP contribution in [0.3, 0.4) is 0 Å². The number of nitrogens with one attached hydrogen (secondary N) is 1. The summed E-state index contributed by atoms with van der Waals surface area (Å²) in [5, 5.41) is 2.59. The largest absolute Gasteiger partial charge is 0.325 e. The number of anilines is 2. The quantitative estimate of drug-likeness (QED) is 0.648. The molecule has 0 aliphatic carbocycles. The molecule has 0 radical (unpaired) electrons. The van der Waals surface area contributed by atoms with Crippen molar-refractivity contribution in [1.29, 1.82) is 0 Å². The summed E-state index contributed by atoms with van der Waals surface area (Å²) < 4.78 is 0. The first-order valence-corrected chi connectivity index (χ1v) is 9.78. The average molecular weight is 425 g/mol. The van der Waals surface area contributed by atoms with Gasteiger partial charge in [0.15, 0.2) is 0 Å². The lowest BCUT2D eigenvalue weighted by Gasteiger charge is -2.14. The first kappa shape index (κ1) is 19.4. The number of carbonyl (C=O) groups is 5. The first-order valence-electron chi connectivity index (χ1n) is 9.78. The van der Waals surface area contributed by atoms with Gasteiger partial charge in [-0.1, -0.05) is 30.3 Å². The van der Waals surface area contributed by atoms with Crippen LogP contribution in [0.4, 0.5) is 11.4 Å². The predicted molar refractivity (Wildman–Crippen MR) is 114 cm³/mol. The molecular weight excluding hydrogens is 410 g/mol. The van der Waals surface area contributed by atoms with Crippen molar-refractivity contribution in [3.05, 3.63) is 95.1 Å². The Balaban J connectivity index is 1.33. The van der Waals surface area contributed by atoms with Crippen LogP contribution in [-0.4, -0.2) is 41.0 Å². The lowest BCUT2D eigenvalue weighted by molar-refractivity contribution is -0.116. The summed E-state index contributed by atoms with van der Waals surface area (Å²) in [5.41, 5.74) is 1.65. The van der Waals surface area contributed by atoms with Gasteiger partial charge in [0.25, 0.3) is 23.6 Å². The minimum absolute atomic E-state index is 0.164. The van der Waals surface area contributed by atoms with E-state index in [0.717, 1.165) is 9.80 Å². The Hall–Kier alpha value is -4.59. The number of benzene rings is 3. The van der Waals surface area contributed by atoms with E-state index in [1.807, 2.05) is 0 Å². The SMILES string of the molecule is O=C(CN1C(=O)c2ccccc2C1=O)Nc1ccc2c(c1)C(=O)N(c1ccccc1)C2=O. The third kappa shape index (κ3) is 2.97. The smallest absolute Gasteiger partial charge is 0.266 e. The van der Waals surface area contributed by atoms with E-state index in [4.69, 9.17) is 0 Å². The predicted octanol–water partition coefficient (Wildman–Crippen LogP) is 2.72. The number of carbonyl (C=O) groups excluding carboxylic acids is 5. The van der Waals surface area contributed by atoms with Crippen LogP contribution in [0.1, 0.15) is 41.4 Å². The molecule has 0 unspecified atom stereocenters. The maximum Gasteiger partial charge on any atom is 0.266 e. The van der Waals surface area contributed by atoms with Crippen LogP contribution in [-0.2, 0) is 4.79 Å². The van der Waals surface area contributed by atoms with Crippen molar-refractivity contribution in [2.75, 3.05) is 16.8 Å². The molecule has 1 N–H and O–H groups in total. The first-order chi connectivity index (χ1) is 15.5. The zero-order chi connectivity index (χ0) is 22.4. The van der Waals surface area contributed by atoms with Gasteiger partial charge in [-0.2, -0.15) is 0 Å². The summed E-state index contributed by atoms with van der Waals surface area (Å²) in [6.07, 6.45) is 0. The summed E-state index contributed by atoms with van der Waals surface area (Å²) in [5.74, 6) is -2.60. The van der Waals surface area contributed by atoms with Crippen LogP contribution in [0.25, 0.3) is 0 Å².